The molecule has 0 aliphatic heterocycles. The van der Waals surface area contributed by atoms with Crippen LogP contribution in [-0.4, -0.2) is 27.1 Å². The predicted molar refractivity (Wildman–Crippen MR) is 102 cm³/mol. The number of ether oxygens (including phenoxy) is 1. The first-order chi connectivity index (χ1) is 14.2. The molecule has 0 aliphatic carbocycles. The molecule has 0 bridgehead atoms. The molecule has 0 amide bonds. The molecular formula is C20H14F2N2O6. The molecule has 3 rings (SSSR count). The monoisotopic (exact) mass is 416 g/mol. The van der Waals surface area contributed by atoms with E-state index in [2.05, 4.69) is 0 Å². The van der Waals surface area contributed by atoms with Gasteiger partial charge in [0.2, 0.25) is 5.82 Å². The van der Waals surface area contributed by atoms with E-state index >= 15 is 0 Å². The zero-order chi connectivity index (χ0) is 22.0. The van der Waals surface area contributed by atoms with Crippen LogP contribution >= 0.6 is 0 Å². The zero-order valence-electron chi connectivity index (χ0n) is 15.1. The minimum atomic E-state index is -1.67. The molecule has 1 aromatic heterocycles. The first kappa shape index (κ1) is 20.5. The third-order valence-corrected chi connectivity index (χ3v) is 4.26. The Morgan fingerprint density at radius 3 is 2.33 bits per heavy atom. The number of aromatic amines is 1. The van der Waals surface area contributed by atoms with Gasteiger partial charge in [0, 0.05) is 5.56 Å². The van der Waals surface area contributed by atoms with Crippen molar-refractivity contribution in [3.05, 3.63) is 81.1 Å². The number of aromatic carboxylic acids is 2. The van der Waals surface area contributed by atoms with Gasteiger partial charge in [0.25, 0.3) is 5.56 Å². The molecule has 0 radical (unpaired) electrons. The molecule has 0 aliphatic rings. The highest BCUT2D eigenvalue weighted by Gasteiger charge is 2.27. The lowest BCUT2D eigenvalue weighted by atomic mass is 9.92. The van der Waals surface area contributed by atoms with Crippen molar-refractivity contribution in [3.63, 3.8) is 0 Å². The maximum atomic E-state index is 13.9. The van der Waals surface area contributed by atoms with E-state index in [1.807, 2.05) is 4.98 Å². The van der Waals surface area contributed by atoms with Crippen LogP contribution in [0, 0.1) is 11.6 Å². The summed E-state index contributed by atoms with van der Waals surface area (Å²) in [6.07, 6.45) is 0. The number of carbonyl (C=O) groups is 2. The summed E-state index contributed by atoms with van der Waals surface area (Å²) in [4.78, 5) is 37.7. The van der Waals surface area contributed by atoms with E-state index in [1.165, 1.54) is 30.3 Å². The summed E-state index contributed by atoms with van der Waals surface area (Å²) in [5.41, 5.74) is 2.92. The van der Waals surface area contributed by atoms with Crippen molar-refractivity contribution in [2.75, 3.05) is 5.73 Å². The van der Waals surface area contributed by atoms with E-state index < -0.39 is 57.4 Å². The average molecular weight is 416 g/mol. The number of benzene rings is 2. The fourth-order valence-electron chi connectivity index (χ4n) is 2.96. The summed E-state index contributed by atoms with van der Waals surface area (Å²) in [6.45, 7) is -0.374. The van der Waals surface area contributed by atoms with Gasteiger partial charge in [0.15, 0.2) is 11.6 Å². The van der Waals surface area contributed by atoms with Crippen LogP contribution in [0.1, 0.15) is 26.3 Å². The van der Waals surface area contributed by atoms with Gasteiger partial charge >= 0.3 is 11.9 Å². The SMILES string of the molecule is Nc1[nH]c(=O)c(C(=O)O)c(-c2ccccc2COc2cccc(F)c2F)c1C(=O)O. The van der Waals surface area contributed by atoms with Crippen molar-refractivity contribution >= 4 is 17.8 Å². The van der Waals surface area contributed by atoms with E-state index in [0.29, 0.717) is 0 Å². The van der Waals surface area contributed by atoms with Crippen LogP contribution in [0.2, 0.25) is 0 Å². The molecule has 3 aromatic rings. The number of nitrogen functional groups attached to an aromatic ring is 1. The van der Waals surface area contributed by atoms with Crippen molar-refractivity contribution < 1.29 is 33.3 Å². The molecule has 1 heterocycles. The normalized spacial score (nSPS) is 10.6. The van der Waals surface area contributed by atoms with Crippen molar-refractivity contribution in [1.82, 2.24) is 4.98 Å². The highest BCUT2D eigenvalue weighted by molar-refractivity contribution is 6.07. The van der Waals surface area contributed by atoms with E-state index in [1.54, 1.807) is 6.07 Å². The number of anilines is 1. The number of H-pyrrole nitrogens is 1. The largest absolute Gasteiger partial charge is 0.486 e. The Balaban J connectivity index is 2.19. The number of carboxylic acids is 2. The number of aromatic nitrogens is 1. The predicted octanol–water partition coefficient (Wildman–Crippen LogP) is 2.88. The van der Waals surface area contributed by atoms with Crippen LogP contribution in [0.5, 0.6) is 5.75 Å². The number of hydrogen-bond donors (Lipinski definition) is 4. The molecule has 30 heavy (non-hydrogen) atoms. The number of nitrogens with one attached hydrogen (secondary N) is 1. The molecular weight excluding hydrogens is 402 g/mol. The van der Waals surface area contributed by atoms with Crippen LogP contribution in [0.3, 0.4) is 0 Å². The summed E-state index contributed by atoms with van der Waals surface area (Å²) in [5.74, 6) is -6.49. The molecule has 5 N–H and O–H groups in total. The van der Waals surface area contributed by atoms with Gasteiger partial charge in [0.1, 0.15) is 23.6 Å². The van der Waals surface area contributed by atoms with Gasteiger partial charge in [-0.3, -0.25) is 4.79 Å². The second-order valence-corrected chi connectivity index (χ2v) is 6.10. The second kappa shape index (κ2) is 8.03. The quantitative estimate of drug-likeness (QED) is 0.484. The summed E-state index contributed by atoms with van der Waals surface area (Å²) in [6, 6.07) is 9.19. The van der Waals surface area contributed by atoms with Crippen molar-refractivity contribution in [3.8, 4) is 16.9 Å². The van der Waals surface area contributed by atoms with E-state index in [9.17, 15) is 33.4 Å². The molecule has 0 spiro atoms. The highest BCUT2D eigenvalue weighted by Crippen LogP contribution is 2.32. The molecule has 0 atom stereocenters. The first-order valence-electron chi connectivity index (χ1n) is 8.39. The van der Waals surface area contributed by atoms with Crippen LogP contribution in [0.25, 0.3) is 11.1 Å². The minimum absolute atomic E-state index is 0.0295. The third kappa shape index (κ3) is 3.70. The Labute approximate surface area is 167 Å². The van der Waals surface area contributed by atoms with Crippen molar-refractivity contribution in [1.29, 1.82) is 0 Å². The standard InChI is InChI=1S/C20H14F2N2O6/c21-11-6-3-7-12(16(11)22)30-8-9-4-1-2-5-10(9)13-14(19(26)27)17(23)24-18(25)15(13)20(28)29/h1-7H,8H2,(H,26,27)(H,28,29)(H3,23,24,25). The Kier molecular flexibility index (Phi) is 5.50. The number of halogens is 2. The van der Waals surface area contributed by atoms with Crippen LogP contribution in [0.4, 0.5) is 14.6 Å². The minimum Gasteiger partial charge on any atom is -0.486 e. The summed E-state index contributed by atoms with van der Waals surface area (Å²) < 4.78 is 32.5. The molecule has 8 nitrogen and oxygen atoms in total. The summed E-state index contributed by atoms with van der Waals surface area (Å²) >= 11 is 0. The number of pyridine rings is 1. The van der Waals surface area contributed by atoms with Gasteiger partial charge in [0.05, 0.1) is 0 Å². The van der Waals surface area contributed by atoms with Crippen LogP contribution < -0.4 is 16.0 Å². The Morgan fingerprint density at radius 2 is 1.67 bits per heavy atom. The molecule has 2 aromatic carbocycles. The zero-order valence-corrected chi connectivity index (χ0v) is 15.1. The van der Waals surface area contributed by atoms with Gasteiger partial charge < -0.3 is 25.7 Å². The Morgan fingerprint density at radius 1 is 1.00 bits per heavy atom. The highest BCUT2D eigenvalue weighted by atomic mass is 19.2. The summed E-state index contributed by atoms with van der Waals surface area (Å²) in [5, 5.41) is 19.0. The number of hydrogen-bond acceptors (Lipinski definition) is 5. The first-order valence-corrected chi connectivity index (χ1v) is 8.39. The Bertz CT molecular complexity index is 1220. The number of carboxylic acid groups (broad SMARTS) is 2. The average Bonchev–Trinajstić information content (AvgIpc) is 2.68. The second-order valence-electron chi connectivity index (χ2n) is 6.10. The summed E-state index contributed by atoms with van der Waals surface area (Å²) in [7, 11) is 0. The lowest BCUT2D eigenvalue weighted by Crippen LogP contribution is -2.24. The van der Waals surface area contributed by atoms with E-state index in [4.69, 9.17) is 10.5 Å². The molecule has 0 saturated carbocycles. The lowest BCUT2D eigenvalue weighted by Gasteiger charge is -2.16. The number of nitrogens with two attached hydrogens (primary N) is 1. The maximum absolute atomic E-state index is 13.9. The van der Waals surface area contributed by atoms with E-state index in [0.717, 1.165) is 6.07 Å². The van der Waals surface area contributed by atoms with Gasteiger partial charge in [-0.05, 0) is 23.3 Å². The molecule has 10 heteroatoms. The topological polar surface area (TPSA) is 143 Å². The van der Waals surface area contributed by atoms with Crippen molar-refractivity contribution in [2.45, 2.75) is 6.61 Å². The van der Waals surface area contributed by atoms with Crippen LogP contribution in [-0.2, 0) is 6.61 Å². The fraction of sp³-hybridized carbons (Fsp3) is 0.0500. The fourth-order valence-corrected chi connectivity index (χ4v) is 2.96. The molecule has 0 unspecified atom stereocenters. The Hall–Kier alpha value is -4.21. The molecule has 154 valence electrons. The molecule has 0 saturated heterocycles. The van der Waals surface area contributed by atoms with Gasteiger partial charge in [-0.1, -0.05) is 30.3 Å². The van der Waals surface area contributed by atoms with Crippen LogP contribution in [0.15, 0.2) is 47.3 Å². The van der Waals surface area contributed by atoms with Gasteiger partial charge in [-0.25, -0.2) is 14.0 Å². The van der Waals surface area contributed by atoms with Crippen molar-refractivity contribution in [2.24, 2.45) is 0 Å². The molecule has 0 fully saturated rings. The van der Waals surface area contributed by atoms with Gasteiger partial charge in [-0.2, -0.15) is 4.39 Å². The third-order valence-electron chi connectivity index (χ3n) is 4.26. The lowest BCUT2D eigenvalue weighted by molar-refractivity contribution is 0.0695. The van der Waals surface area contributed by atoms with E-state index in [-0.39, 0.29) is 17.7 Å². The number of rotatable bonds is 6. The smallest absolute Gasteiger partial charge is 0.342 e. The maximum Gasteiger partial charge on any atom is 0.342 e. The van der Waals surface area contributed by atoms with Gasteiger partial charge in [-0.15, -0.1) is 0 Å².